The fraction of sp³-hybridized carbons (Fsp3) is 0.649. The van der Waals surface area contributed by atoms with Crippen LogP contribution in [0.3, 0.4) is 0 Å². The lowest BCUT2D eigenvalue weighted by atomic mass is 9.80. The van der Waals surface area contributed by atoms with Gasteiger partial charge in [-0.1, -0.05) is 105 Å². The Kier molecular flexibility index (Phi) is 13.4. The summed E-state index contributed by atoms with van der Waals surface area (Å²) in [6.07, 6.45) is 4.20. The molecule has 1 aromatic carbocycles. The lowest BCUT2D eigenvalue weighted by Crippen LogP contribution is -2.60. The van der Waals surface area contributed by atoms with E-state index >= 15 is 0 Å². The standard InChI is InChI=1S/C37H57N5O7S/c1-9-25-20-42(29(26(25)10-2)33(45)39-27(30(43)32(38)44)19-23-17-14-18-23)34(46)31(37(6,7)8)41-35(47)40-28(36(3,4)5)22-50(48,49)21-24-15-12-11-13-16-24/h11-13,15-16,23,25,27-28,31H,9-10,14,17-22H2,1-8H3,(H2,38,44)(H,39,45)(H2,40,41,47)/t25?,27?,28?,31-/m1/s1. The number of Topliss-reactive ketones (excluding diaryl/α,β-unsaturated/α-hetero) is 1. The SMILES string of the molecule is CCC1=C(C(=O)NC(CC2CCC2)C(=O)C(N)=O)N(C(=O)[C@@H](NC(=O)NC(CS(=O)(=O)Cc2ccccc2)C(C)(C)C)C(C)(C)C)CC1CC. The van der Waals surface area contributed by atoms with E-state index in [9.17, 15) is 32.4 Å². The van der Waals surface area contributed by atoms with E-state index in [0.29, 0.717) is 18.4 Å². The molecule has 50 heavy (non-hydrogen) atoms. The van der Waals surface area contributed by atoms with Crippen molar-refractivity contribution in [2.45, 2.75) is 118 Å². The number of amides is 5. The number of carbonyl (C=O) groups excluding carboxylic acids is 5. The average Bonchev–Trinajstić information content (AvgIpc) is 3.38. The molecule has 5 amide bonds. The molecule has 1 aliphatic heterocycles. The van der Waals surface area contributed by atoms with Crippen molar-refractivity contribution in [2.24, 2.45) is 28.4 Å². The molecular formula is C37H57N5O7S. The van der Waals surface area contributed by atoms with Gasteiger partial charge in [-0.15, -0.1) is 0 Å². The zero-order valence-electron chi connectivity index (χ0n) is 30.9. The van der Waals surface area contributed by atoms with Gasteiger partial charge in [0.1, 0.15) is 11.7 Å². The summed E-state index contributed by atoms with van der Waals surface area (Å²) >= 11 is 0. The number of rotatable bonds is 15. The van der Waals surface area contributed by atoms with Crippen molar-refractivity contribution in [2.75, 3.05) is 12.3 Å². The van der Waals surface area contributed by atoms with Gasteiger partial charge in [-0.25, -0.2) is 13.2 Å². The van der Waals surface area contributed by atoms with E-state index < -0.39 is 68.3 Å². The van der Waals surface area contributed by atoms with Crippen LogP contribution in [0.5, 0.6) is 0 Å². The number of nitrogens with one attached hydrogen (secondary N) is 3. The molecule has 1 aromatic rings. The van der Waals surface area contributed by atoms with Crippen molar-refractivity contribution >= 4 is 39.4 Å². The summed E-state index contributed by atoms with van der Waals surface area (Å²) in [6.45, 7) is 14.9. The molecule has 13 heteroatoms. The highest BCUT2D eigenvalue weighted by molar-refractivity contribution is 7.90. The molecule has 1 heterocycles. The number of hydrogen-bond acceptors (Lipinski definition) is 7. The maximum atomic E-state index is 14.5. The largest absolute Gasteiger partial charge is 0.363 e. The summed E-state index contributed by atoms with van der Waals surface area (Å²) in [7, 11) is -3.63. The molecular weight excluding hydrogens is 659 g/mol. The number of hydrogen-bond donors (Lipinski definition) is 4. The van der Waals surface area contributed by atoms with Gasteiger partial charge in [0.05, 0.1) is 17.5 Å². The van der Waals surface area contributed by atoms with E-state index in [0.717, 1.165) is 24.8 Å². The smallest absolute Gasteiger partial charge is 0.315 e. The molecule has 3 unspecified atom stereocenters. The normalized spacial score (nSPS) is 18.9. The third-order valence-electron chi connectivity index (χ3n) is 9.87. The second-order valence-electron chi connectivity index (χ2n) is 15.9. The van der Waals surface area contributed by atoms with Crippen molar-refractivity contribution in [1.29, 1.82) is 0 Å². The number of ketones is 1. The summed E-state index contributed by atoms with van der Waals surface area (Å²) in [5.41, 5.74) is 5.39. The summed E-state index contributed by atoms with van der Waals surface area (Å²) < 4.78 is 26.5. The van der Waals surface area contributed by atoms with Gasteiger partial charge in [0, 0.05) is 18.5 Å². The molecule has 4 atom stereocenters. The molecule has 1 aliphatic carbocycles. The number of carbonyl (C=O) groups is 5. The van der Waals surface area contributed by atoms with Crippen LogP contribution in [0, 0.1) is 22.7 Å². The Morgan fingerprint density at radius 3 is 2.02 bits per heavy atom. The molecule has 12 nitrogen and oxygen atoms in total. The minimum absolute atomic E-state index is 0.122. The number of nitrogens with zero attached hydrogens (tertiary/aromatic N) is 1. The Hall–Kier alpha value is -3.74. The van der Waals surface area contributed by atoms with Crippen molar-refractivity contribution in [3.8, 4) is 0 Å². The quantitative estimate of drug-likeness (QED) is 0.198. The first-order valence-corrected chi connectivity index (χ1v) is 19.5. The Morgan fingerprint density at radius 2 is 1.54 bits per heavy atom. The number of benzene rings is 1. The lowest BCUT2D eigenvalue weighted by Gasteiger charge is -2.36. The van der Waals surface area contributed by atoms with Crippen LogP contribution in [0.2, 0.25) is 0 Å². The van der Waals surface area contributed by atoms with Gasteiger partial charge >= 0.3 is 6.03 Å². The summed E-state index contributed by atoms with van der Waals surface area (Å²) in [4.78, 5) is 68.2. The van der Waals surface area contributed by atoms with E-state index in [1.807, 2.05) is 40.7 Å². The topological polar surface area (TPSA) is 185 Å². The average molecular weight is 716 g/mol. The highest BCUT2D eigenvalue weighted by atomic mass is 32.2. The highest BCUT2D eigenvalue weighted by Gasteiger charge is 2.44. The van der Waals surface area contributed by atoms with Crippen LogP contribution in [-0.2, 0) is 34.8 Å². The number of urea groups is 1. The Morgan fingerprint density at radius 1 is 0.920 bits per heavy atom. The van der Waals surface area contributed by atoms with Crippen LogP contribution < -0.4 is 21.7 Å². The van der Waals surface area contributed by atoms with Crippen molar-refractivity contribution in [3.63, 3.8) is 0 Å². The molecule has 1 fully saturated rings. The van der Waals surface area contributed by atoms with Gasteiger partial charge in [0.15, 0.2) is 9.84 Å². The minimum atomic E-state index is -3.63. The van der Waals surface area contributed by atoms with E-state index in [2.05, 4.69) is 16.0 Å². The molecule has 0 saturated heterocycles. The first-order valence-electron chi connectivity index (χ1n) is 17.7. The van der Waals surface area contributed by atoms with Gasteiger partial charge < -0.3 is 26.6 Å². The summed E-state index contributed by atoms with van der Waals surface area (Å²) in [5, 5.41) is 8.37. The Labute approximate surface area is 297 Å². The first-order chi connectivity index (χ1) is 23.2. The molecule has 0 radical (unpaired) electrons. The van der Waals surface area contributed by atoms with Crippen LogP contribution in [0.1, 0.15) is 99.5 Å². The molecule has 0 bridgehead atoms. The zero-order valence-corrected chi connectivity index (χ0v) is 31.7. The minimum Gasteiger partial charge on any atom is -0.363 e. The Balaban J connectivity index is 1.87. The fourth-order valence-corrected chi connectivity index (χ4v) is 8.47. The van der Waals surface area contributed by atoms with Gasteiger partial charge in [0.25, 0.3) is 11.8 Å². The maximum Gasteiger partial charge on any atom is 0.315 e. The summed E-state index contributed by atoms with van der Waals surface area (Å²) in [5.74, 6) is -3.59. The Bertz CT molecular complexity index is 1560. The predicted molar refractivity (Wildman–Crippen MR) is 193 cm³/mol. The number of nitrogens with two attached hydrogens (primary N) is 1. The maximum absolute atomic E-state index is 14.5. The molecule has 1 saturated carbocycles. The second-order valence-corrected chi connectivity index (χ2v) is 18.1. The number of sulfone groups is 1. The van der Waals surface area contributed by atoms with Crippen LogP contribution in [0.25, 0.3) is 0 Å². The molecule has 0 aromatic heterocycles. The highest BCUT2D eigenvalue weighted by Crippen LogP contribution is 2.36. The van der Waals surface area contributed by atoms with Gasteiger partial charge in [-0.3, -0.25) is 19.2 Å². The lowest BCUT2D eigenvalue weighted by molar-refractivity contribution is -0.139. The molecule has 2 aliphatic rings. The molecule has 0 spiro atoms. The predicted octanol–water partition coefficient (Wildman–Crippen LogP) is 3.99. The van der Waals surface area contributed by atoms with Crippen molar-refractivity contribution in [3.05, 3.63) is 47.2 Å². The third-order valence-corrected chi connectivity index (χ3v) is 11.5. The van der Waals surface area contributed by atoms with Gasteiger partial charge in [0.2, 0.25) is 11.7 Å². The van der Waals surface area contributed by atoms with Gasteiger partial charge in [-0.05, 0) is 47.1 Å². The van der Waals surface area contributed by atoms with E-state index in [1.165, 1.54) is 4.90 Å². The van der Waals surface area contributed by atoms with E-state index in [-0.39, 0.29) is 42.0 Å². The van der Waals surface area contributed by atoms with Gasteiger partial charge in [-0.2, -0.15) is 0 Å². The number of primary amides is 1. The summed E-state index contributed by atoms with van der Waals surface area (Å²) in [6, 6.07) is 5.11. The third kappa shape index (κ3) is 10.6. The van der Waals surface area contributed by atoms with Crippen LogP contribution in [-0.4, -0.2) is 73.3 Å². The van der Waals surface area contributed by atoms with E-state index in [1.54, 1.807) is 45.0 Å². The van der Waals surface area contributed by atoms with Crippen LogP contribution in [0.4, 0.5) is 4.79 Å². The zero-order chi connectivity index (χ0) is 37.6. The van der Waals surface area contributed by atoms with E-state index in [4.69, 9.17) is 5.73 Å². The first kappa shape index (κ1) is 40.7. The van der Waals surface area contributed by atoms with Crippen LogP contribution in [0.15, 0.2) is 41.6 Å². The van der Waals surface area contributed by atoms with Crippen LogP contribution >= 0.6 is 0 Å². The molecule has 5 N–H and O–H groups in total. The van der Waals surface area contributed by atoms with Crippen molar-refractivity contribution in [1.82, 2.24) is 20.9 Å². The monoisotopic (exact) mass is 715 g/mol. The molecule has 3 rings (SSSR count). The fourth-order valence-electron chi connectivity index (χ4n) is 6.57. The second kappa shape index (κ2) is 16.5. The van der Waals surface area contributed by atoms with Crippen molar-refractivity contribution < 1.29 is 32.4 Å². The molecule has 278 valence electrons.